The lowest BCUT2D eigenvalue weighted by atomic mass is 10.2. The maximum absolute atomic E-state index is 12.1. The fourth-order valence-corrected chi connectivity index (χ4v) is 2.90. The van der Waals surface area contributed by atoms with Gasteiger partial charge < -0.3 is 16.4 Å². The Balaban J connectivity index is 1.41. The van der Waals surface area contributed by atoms with Crippen molar-refractivity contribution in [2.45, 2.75) is 19.4 Å². The zero-order valence-corrected chi connectivity index (χ0v) is 15.0. The zero-order valence-electron chi connectivity index (χ0n) is 14.2. The number of aromatic nitrogens is 3. The number of pyridine rings is 2. The van der Waals surface area contributed by atoms with Gasteiger partial charge in [0.2, 0.25) is 0 Å². The van der Waals surface area contributed by atoms with E-state index in [1.54, 1.807) is 24.5 Å². The maximum atomic E-state index is 12.1. The molecule has 0 saturated heterocycles. The number of nitrogens with one attached hydrogen (secondary N) is 2. The lowest BCUT2D eigenvalue weighted by molar-refractivity contribution is 0.0953. The number of amides is 1. The minimum atomic E-state index is -0.127. The Hall–Kier alpha value is -3.00. The number of nitrogen functional groups attached to an aromatic ring is 1. The molecule has 0 aromatic carbocycles. The molecule has 0 unspecified atom stereocenters. The number of rotatable bonds is 8. The van der Waals surface area contributed by atoms with Gasteiger partial charge in [0.25, 0.3) is 5.91 Å². The summed E-state index contributed by atoms with van der Waals surface area (Å²) in [7, 11) is 0. The molecule has 8 heteroatoms. The molecule has 0 fully saturated rings. The Morgan fingerprint density at radius 1 is 1.15 bits per heavy atom. The topological polar surface area (TPSA) is 106 Å². The van der Waals surface area contributed by atoms with Gasteiger partial charge in [0.1, 0.15) is 5.82 Å². The van der Waals surface area contributed by atoms with Crippen molar-refractivity contribution in [3.63, 3.8) is 0 Å². The first kappa shape index (κ1) is 17.8. The van der Waals surface area contributed by atoms with E-state index in [1.807, 2.05) is 23.6 Å². The predicted octanol–water partition coefficient (Wildman–Crippen LogP) is 2.49. The quantitative estimate of drug-likeness (QED) is 0.528. The van der Waals surface area contributed by atoms with Crippen LogP contribution in [0.2, 0.25) is 0 Å². The SMILES string of the molecule is Nc1nc(CNc2ccc(C(=O)NCCCc3ccccn3)cn2)cs1. The molecule has 0 aliphatic rings. The normalized spacial score (nSPS) is 10.5. The van der Waals surface area contributed by atoms with Crippen LogP contribution in [0.3, 0.4) is 0 Å². The zero-order chi connectivity index (χ0) is 18.2. The van der Waals surface area contributed by atoms with E-state index >= 15 is 0 Å². The summed E-state index contributed by atoms with van der Waals surface area (Å²) in [6, 6.07) is 9.36. The van der Waals surface area contributed by atoms with Crippen molar-refractivity contribution in [2.24, 2.45) is 0 Å². The summed E-state index contributed by atoms with van der Waals surface area (Å²) in [5.41, 5.74) is 8.03. The first-order chi connectivity index (χ1) is 12.7. The van der Waals surface area contributed by atoms with E-state index in [1.165, 1.54) is 11.3 Å². The van der Waals surface area contributed by atoms with E-state index in [2.05, 4.69) is 25.6 Å². The van der Waals surface area contributed by atoms with Crippen LogP contribution in [0.5, 0.6) is 0 Å². The Morgan fingerprint density at radius 2 is 2.08 bits per heavy atom. The van der Waals surface area contributed by atoms with Crippen LogP contribution in [0.4, 0.5) is 10.9 Å². The minimum absolute atomic E-state index is 0.127. The molecular weight excluding hydrogens is 348 g/mol. The number of anilines is 2. The van der Waals surface area contributed by atoms with Crippen LogP contribution in [0, 0.1) is 0 Å². The van der Waals surface area contributed by atoms with Gasteiger partial charge in [0.15, 0.2) is 5.13 Å². The van der Waals surface area contributed by atoms with Gasteiger partial charge in [-0.05, 0) is 37.1 Å². The summed E-state index contributed by atoms with van der Waals surface area (Å²) in [6.45, 7) is 1.14. The highest BCUT2D eigenvalue weighted by molar-refractivity contribution is 7.13. The standard InChI is InChI=1S/C18H20N6OS/c19-18-24-15(12-26-18)11-23-16-7-6-13(10-22-16)17(25)21-9-3-5-14-4-1-2-8-20-14/h1-2,4,6-8,10,12H,3,5,9,11H2,(H2,19,24)(H,21,25)(H,22,23). The average Bonchev–Trinajstić information content (AvgIpc) is 3.10. The summed E-state index contributed by atoms with van der Waals surface area (Å²) in [5, 5.41) is 8.49. The molecule has 4 N–H and O–H groups in total. The smallest absolute Gasteiger partial charge is 0.252 e. The van der Waals surface area contributed by atoms with Crippen molar-refractivity contribution in [3.05, 3.63) is 65.1 Å². The molecule has 1 amide bonds. The summed E-state index contributed by atoms with van der Waals surface area (Å²) < 4.78 is 0. The van der Waals surface area contributed by atoms with E-state index in [9.17, 15) is 4.79 Å². The van der Waals surface area contributed by atoms with Crippen molar-refractivity contribution in [3.8, 4) is 0 Å². The number of aryl methyl sites for hydroxylation is 1. The first-order valence-corrected chi connectivity index (χ1v) is 9.16. The van der Waals surface area contributed by atoms with Gasteiger partial charge in [0, 0.05) is 30.0 Å². The van der Waals surface area contributed by atoms with Crippen molar-refractivity contribution in [2.75, 3.05) is 17.6 Å². The average molecular weight is 368 g/mol. The summed E-state index contributed by atoms with van der Waals surface area (Å²) in [6.07, 6.45) is 5.01. The molecule has 7 nitrogen and oxygen atoms in total. The number of hydrogen-bond donors (Lipinski definition) is 3. The minimum Gasteiger partial charge on any atom is -0.375 e. The fraction of sp³-hybridized carbons (Fsp3) is 0.222. The van der Waals surface area contributed by atoms with E-state index in [0.717, 1.165) is 24.2 Å². The van der Waals surface area contributed by atoms with Gasteiger partial charge in [0.05, 0.1) is 17.8 Å². The molecule has 0 aliphatic carbocycles. The van der Waals surface area contributed by atoms with Crippen LogP contribution in [-0.2, 0) is 13.0 Å². The van der Waals surface area contributed by atoms with E-state index in [-0.39, 0.29) is 5.91 Å². The monoisotopic (exact) mass is 368 g/mol. The van der Waals surface area contributed by atoms with Crippen molar-refractivity contribution < 1.29 is 4.79 Å². The molecule has 3 aromatic rings. The number of thiazole rings is 1. The van der Waals surface area contributed by atoms with Crippen molar-refractivity contribution in [1.29, 1.82) is 0 Å². The van der Waals surface area contributed by atoms with Gasteiger partial charge in [-0.3, -0.25) is 9.78 Å². The summed E-state index contributed by atoms with van der Waals surface area (Å²) in [5.74, 6) is 0.556. The Kier molecular flexibility index (Phi) is 6.10. The van der Waals surface area contributed by atoms with E-state index in [0.29, 0.717) is 29.6 Å². The van der Waals surface area contributed by atoms with Crippen LogP contribution < -0.4 is 16.4 Å². The molecule has 0 saturated carbocycles. The lowest BCUT2D eigenvalue weighted by Crippen LogP contribution is -2.25. The highest BCUT2D eigenvalue weighted by Crippen LogP contribution is 2.13. The number of hydrogen-bond acceptors (Lipinski definition) is 7. The highest BCUT2D eigenvalue weighted by Gasteiger charge is 2.06. The summed E-state index contributed by atoms with van der Waals surface area (Å²) >= 11 is 1.40. The molecule has 0 aliphatic heterocycles. The Labute approximate surface area is 155 Å². The second kappa shape index (κ2) is 8.91. The third kappa shape index (κ3) is 5.25. The van der Waals surface area contributed by atoms with Crippen LogP contribution in [0.15, 0.2) is 48.1 Å². The third-order valence-corrected chi connectivity index (χ3v) is 4.39. The van der Waals surface area contributed by atoms with Crippen LogP contribution in [-0.4, -0.2) is 27.4 Å². The van der Waals surface area contributed by atoms with Gasteiger partial charge in [-0.2, -0.15) is 0 Å². The first-order valence-electron chi connectivity index (χ1n) is 8.28. The van der Waals surface area contributed by atoms with Crippen LogP contribution >= 0.6 is 11.3 Å². The number of nitrogens with zero attached hydrogens (tertiary/aromatic N) is 3. The van der Waals surface area contributed by atoms with Gasteiger partial charge in [-0.15, -0.1) is 11.3 Å². The largest absolute Gasteiger partial charge is 0.375 e. The number of carbonyl (C=O) groups excluding carboxylic acids is 1. The second-order valence-electron chi connectivity index (χ2n) is 5.64. The molecule has 3 heterocycles. The molecular formula is C18H20N6OS. The van der Waals surface area contributed by atoms with E-state index < -0.39 is 0 Å². The third-order valence-electron chi connectivity index (χ3n) is 3.67. The Morgan fingerprint density at radius 3 is 2.77 bits per heavy atom. The lowest BCUT2D eigenvalue weighted by Gasteiger charge is -2.07. The molecule has 26 heavy (non-hydrogen) atoms. The molecule has 3 rings (SSSR count). The Bertz CT molecular complexity index is 834. The molecule has 0 radical (unpaired) electrons. The second-order valence-corrected chi connectivity index (χ2v) is 6.53. The maximum Gasteiger partial charge on any atom is 0.252 e. The van der Waals surface area contributed by atoms with Gasteiger partial charge in [-0.25, -0.2) is 9.97 Å². The summed E-state index contributed by atoms with van der Waals surface area (Å²) in [4.78, 5) is 24.8. The predicted molar refractivity (Wildman–Crippen MR) is 103 cm³/mol. The number of carbonyl (C=O) groups is 1. The highest BCUT2D eigenvalue weighted by atomic mass is 32.1. The van der Waals surface area contributed by atoms with Gasteiger partial charge in [-0.1, -0.05) is 6.07 Å². The molecule has 134 valence electrons. The van der Waals surface area contributed by atoms with Crippen LogP contribution in [0.25, 0.3) is 0 Å². The van der Waals surface area contributed by atoms with Gasteiger partial charge >= 0.3 is 0 Å². The van der Waals surface area contributed by atoms with Crippen molar-refractivity contribution in [1.82, 2.24) is 20.3 Å². The number of nitrogens with two attached hydrogens (primary N) is 1. The molecule has 0 atom stereocenters. The molecule has 3 aromatic heterocycles. The molecule has 0 bridgehead atoms. The fourth-order valence-electron chi connectivity index (χ4n) is 2.34. The van der Waals surface area contributed by atoms with Crippen LogP contribution in [0.1, 0.15) is 28.2 Å². The van der Waals surface area contributed by atoms with Crippen molar-refractivity contribution >= 4 is 28.2 Å². The van der Waals surface area contributed by atoms with E-state index in [4.69, 9.17) is 5.73 Å². The molecule has 0 spiro atoms.